The van der Waals surface area contributed by atoms with Gasteiger partial charge in [0.1, 0.15) is 5.49 Å². The molecule has 3 aromatic rings. The van der Waals surface area contributed by atoms with Crippen LogP contribution in [0.4, 0.5) is 5.69 Å². The molecule has 2 N–H and O–H groups in total. The summed E-state index contributed by atoms with van der Waals surface area (Å²) in [7, 11) is 0. The fraction of sp³-hybridized carbons (Fsp3) is 0.304. The number of rotatable bonds is 8. The molecular formula is C23H26Cl2N4O2S. The van der Waals surface area contributed by atoms with Gasteiger partial charge in [0.2, 0.25) is 5.96 Å². The molecule has 9 heteroatoms. The zero-order valence-electron chi connectivity index (χ0n) is 18.2. The van der Waals surface area contributed by atoms with Gasteiger partial charge < -0.3 is 14.8 Å². The fourth-order valence-corrected chi connectivity index (χ4v) is 4.12. The quantitative estimate of drug-likeness (QED) is 0.299. The molecule has 1 heterocycles. The Balaban J connectivity index is 1.83. The third-order valence-electron chi connectivity index (χ3n) is 4.43. The van der Waals surface area contributed by atoms with E-state index < -0.39 is 0 Å². The molecule has 1 aromatic heterocycles. The maximum Gasteiger partial charge on any atom is 0.218 e. The third-order valence-corrected chi connectivity index (χ3v) is 6.13. The first-order valence-corrected chi connectivity index (χ1v) is 11.8. The Hall–Kier alpha value is -2.48. The van der Waals surface area contributed by atoms with Gasteiger partial charge in [0, 0.05) is 17.1 Å². The van der Waals surface area contributed by atoms with Crippen LogP contribution in [0.15, 0.2) is 47.5 Å². The topological polar surface area (TPSA) is 71.6 Å². The number of anilines is 1. The number of halogens is 2. The SMILES string of the molecule is CCOc1ccc(CCN=C(Nc2ccc(Cl)c(Cl)c2)n2sc(C)cc2=N)cc1OCC. The second-order valence-electron chi connectivity index (χ2n) is 6.88. The van der Waals surface area contributed by atoms with Gasteiger partial charge in [-0.1, -0.05) is 40.8 Å². The molecule has 32 heavy (non-hydrogen) atoms. The summed E-state index contributed by atoms with van der Waals surface area (Å²) in [5.74, 6) is 2.04. The van der Waals surface area contributed by atoms with Crippen molar-refractivity contribution >= 4 is 46.4 Å². The predicted octanol–water partition coefficient (Wildman–Crippen LogP) is 6.00. The fourth-order valence-electron chi connectivity index (χ4n) is 3.03. The first kappa shape index (κ1) is 24.2. The molecule has 6 nitrogen and oxygen atoms in total. The molecule has 0 saturated carbocycles. The van der Waals surface area contributed by atoms with E-state index in [1.807, 2.05) is 45.0 Å². The van der Waals surface area contributed by atoms with Gasteiger partial charge in [0.25, 0.3) is 0 Å². The predicted molar refractivity (Wildman–Crippen MR) is 133 cm³/mol. The molecule has 0 saturated heterocycles. The molecule has 0 radical (unpaired) electrons. The average Bonchev–Trinajstić information content (AvgIpc) is 3.10. The summed E-state index contributed by atoms with van der Waals surface area (Å²) in [6.45, 7) is 7.54. The van der Waals surface area contributed by atoms with E-state index in [4.69, 9.17) is 43.1 Å². The van der Waals surface area contributed by atoms with Gasteiger partial charge in [-0.3, -0.25) is 10.4 Å². The lowest BCUT2D eigenvalue weighted by molar-refractivity contribution is 0.287. The number of aromatic nitrogens is 1. The minimum absolute atomic E-state index is 0.360. The number of hydrogen-bond donors (Lipinski definition) is 2. The largest absolute Gasteiger partial charge is 0.490 e. The molecular weight excluding hydrogens is 467 g/mol. The van der Waals surface area contributed by atoms with Crippen molar-refractivity contribution in [3.63, 3.8) is 0 Å². The van der Waals surface area contributed by atoms with Crippen molar-refractivity contribution in [3.05, 3.63) is 68.4 Å². The Morgan fingerprint density at radius 1 is 1.03 bits per heavy atom. The van der Waals surface area contributed by atoms with Crippen molar-refractivity contribution in [3.8, 4) is 11.5 Å². The highest BCUT2D eigenvalue weighted by Crippen LogP contribution is 2.29. The summed E-state index contributed by atoms with van der Waals surface area (Å²) in [5.41, 5.74) is 2.20. The molecule has 0 aliphatic heterocycles. The van der Waals surface area contributed by atoms with Crippen LogP contribution in [0.3, 0.4) is 0 Å². The molecule has 0 unspecified atom stereocenters. The smallest absolute Gasteiger partial charge is 0.218 e. The van der Waals surface area contributed by atoms with Crippen LogP contribution in [0.5, 0.6) is 11.5 Å². The summed E-state index contributed by atoms with van der Waals surface area (Å²) in [4.78, 5) is 5.78. The Morgan fingerprint density at radius 3 is 2.44 bits per heavy atom. The van der Waals surface area contributed by atoms with Crippen molar-refractivity contribution < 1.29 is 9.47 Å². The number of nitrogens with one attached hydrogen (secondary N) is 2. The summed E-state index contributed by atoms with van der Waals surface area (Å²) in [6, 6.07) is 13.0. The summed E-state index contributed by atoms with van der Waals surface area (Å²) >= 11 is 13.7. The van der Waals surface area contributed by atoms with Crippen molar-refractivity contribution in [1.82, 2.24) is 3.96 Å². The van der Waals surface area contributed by atoms with Crippen LogP contribution >= 0.6 is 34.7 Å². The van der Waals surface area contributed by atoms with Gasteiger partial charge in [-0.25, -0.2) is 3.96 Å². The van der Waals surface area contributed by atoms with E-state index in [1.54, 1.807) is 22.2 Å². The lowest BCUT2D eigenvalue weighted by Crippen LogP contribution is -2.28. The van der Waals surface area contributed by atoms with Crippen LogP contribution in [-0.2, 0) is 6.42 Å². The van der Waals surface area contributed by atoms with Crippen molar-refractivity contribution in [2.24, 2.45) is 4.99 Å². The normalized spacial score (nSPS) is 11.5. The van der Waals surface area contributed by atoms with E-state index in [9.17, 15) is 0 Å². The molecule has 0 atom stereocenters. The van der Waals surface area contributed by atoms with Gasteiger partial charge in [0.15, 0.2) is 11.5 Å². The number of hydrogen-bond acceptors (Lipinski definition) is 5. The van der Waals surface area contributed by atoms with Crippen LogP contribution in [0, 0.1) is 12.3 Å². The van der Waals surface area contributed by atoms with Gasteiger partial charge in [-0.05, 0) is 69.2 Å². The lowest BCUT2D eigenvalue weighted by atomic mass is 10.1. The second kappa shape index (κ2) is 11.4. The molecule has 0 fully saturated rings. The van der Waals surface area contributed by atoms with Crippen molar-refractivity contribution in [2.75, 3.05) is 25.1 Å². The van der Waals surface area contributed by atoms with Crippen LogP contribution in [0.2, 0.25) is 10.0 Å². The van der Waals surface area contributed by atoms with Gasteiger partial charge in [0.05, 0.1) is 23.3 Å². The molecule has 0 aliphatic rings. The molecule has 0 aliphatic carbocycles. The number of aryl methyl sites for hydroxylation is 1. The van der Waals surface area contributed by atoms with Crippen LogP contribution in [-0.4, -0.2) is 29.7 Å². The number of aliphatic imine (C=N–C) groups is 1. The molecule has 170 valence electrons. The molecule has 0 bridgehead atoms. The Bertz CT molecular complexity index is 1160. The molecule has 2 aromatic carbocycles. The third kappa shape index (κ3) is 6.28. The van der Waals surface area contributed by atoms with Crippen LogP contribution in [0.1, 0.15) is 24.3 Å². The van der Waals surface area contributed by atoms with E-state index in [0.717, 1.165) is 27.6 Å². The summed E-state index contributed by atoms with van der Waals surface area (Å²) in [5, 5.41) is 12.5. The maximum atomic E-state index is 8.28. The minimum atomic E-state index is 0.360. The zero-order valence-corrected chi connectivity index (χ0v) is 20.6. The highest BCUT2D eigenvalue weighted by molar-refractivity contribution is 7.07. The van der Waals surface area contributed by atoms with Crippen LogP contribution < -0.4 is 20.3 Å². The van der Waals surface area contributed by atoms with E-state index in [0.29, 0.717) is 47.7 Å². The van der Waals surface area contributed by atoms with Crippen molar-refractivity contribution in [2.45, 2.75) is 27.2 Å². The Kier molecular flexibility index (Phi) is 8.61. The number of nitrogens with zero attached hydrogens (tertiary/aromatic N) is 2. The monoisotopic (exact) mass is 492 g/mol. The standard InChI is InChI=1S/C23H26Cl2N4O2S/c1-4-30-20-9-6-16(13-21(20)31-5-2)10-11-27-23(29-22(26)12-15(3)32-29)28-17-7-8-18(24)19(25)14-17/h6-9,12-14,26H,4-5,10-11H2,1-3H3,(H,27,28). The van der Waals surface area contributed by atoms with Gasteiger partial charge in [-0.15, -0.1) is 0 Å². The summed E-state index contributed by atoms with van der Waals surface area (Å²) < 4.78 is 13.1. The zero-order chi connectivity index (χ0) is 23.1. The molecule has 0 spiro atoms. The first-order chi connectivity index (χ1) is 15.4. The van der Waals surface area contributed by atoms with E-state index in [1.165, 1.54) is 11.5 Å². The maximum absolute atomic E-state index is 8.28. The van der Waals surface area contributed by atoms with E-state index in [-0.39, 0.29) is 0 Å². The molecule has 3 rings (SSSR count). The Labute approximate surface area is 202 Å². The number of benzene rings is 2. The average molecular weight is 493 g/mol. The van der Waals surface area contributed by atoms with E-state index in [2.05, 4.69) is 5.32 Å². The minimum Gasteiger partial charge on any atom is -0.490 e. The number of ether oxygens (including phenoxy) is 2. The van der Waals surface area contributed by atoms with Gasteiger partial charge >= 0.3 is 0 Å². The van der Waals surface area contributed by atoms with Crippen LogP contribution in [0.25, 0.3) is 0 Å². The van der Waals surface area contributed by atoms with Gasteiger partial charge in [-0.2, -0.15) is 0 Å². The lowest BCUT2D eigenvalue weighted by Gasteiger charge is -2.13. The van der Waals surface area contributed by atoms with Crippen molar-refractivity contribution in [1.29, 1.82) is 5.41 Å². The second-order valence-corrected chi connectivity index (χ2v) is 8.89. The highest BCUT2D eigenvalue weighted by Gasteiger charge is 2.10. The summed E-state index contributed by atoms with van der Waals surface area (Å²) in [6.07, 6.45) is 0.706. The Morgan fingerprint density at radius 2 is 1.78 bits per heavy atom. The first-order valence-electron chi connectivity index (χ1n) is 10.3. The highest BCUT2D eigenvalue weighted by atomic mass is 35.5. The van der Waals surface area contributed by atoms with E-state index >= 15 is 0 Å². The molecule has 0 amide bonds.